The molecule has 4 heteroatoms. The van der Waals surface area contributed by atoms with Crippen LogP contribution in [0.1, 0.15) is 18.1 Å². The minimum absolute atomic E-state index is 0.242. The van der Waals surface area contributed by atoms with Crippen molar-refractivity contribution in [2.24, 2.45) is 0 Å². The lowest BCUT2D eigenvalue weighted by Gasteiger charge is -2.10. The van der Waals surface area contributed by atoms with Gasteiger partial charge in [0.1, 0.15) is 16.8 Å². The van der Waals surface area contributed by atoms with Crippen LogP contribution in [-0.2, 0) is 6.42 Å². The standard InChI is InChI=1S/C14H11ClN2O/c1-2-10-5-3-4-6-12(10)18-14-13(15)11(9-16)7-8-17-14/h3-8H,2H2,1H3. The second-order valence-corrected chi connectivity index (χ2v) is 4.03. The van der Waals surface area contributed by atoms with Crippen molar-refractivity contribution in [1.82, 2.24) is 4.98 Å². The summed E-state index contributed by atoms with van der Waals surface area (Å²) in [6.45, 7) is 2.04. The average Bonchev–Trinajstić information content (AvgIpc) is 2.42. The lowest BCUT2D eigenvalue weighted by atomic mass is 10.1. The molecule has 0 bridgehead atoms. The fourth-order valence-electron chi connectivity index (χ4n) is 1.58. The van der Waals surface area contributed by atoms with Crippen LogP contribution in [-0.4, -0.2) is 4.98 Å². The third-order valence-electron chi connectivity index (χ3n) is 2.54. The van der Waals surface area contributed by atoms with Crippen molar-refractivity contribution in [3.63, 3.8) is 0 Å². The van der Waals surface area contributed by atoms with Crippen LogP contribution in [0.25, 0.3) is 0 Å². The van der Waals surface area contributed by atoms with Gasteiger partial charge in [0.25, 0.3) is 0 Å². The van der Waals surface area contributed by atoms with Crippen LogP contribution in [0.2, 0.25) is 5.02 Å². The molecule has 0 amide bonds. The van der Waals surface area contributed by atoms with Crippen LogP contribution in [0.15, 0.2) is 36.5 Å². The number of nitriles is 1. The molecule has 1 aromatic carbocycles. The van der Waals surface area contributed by atoms with E-state index in [-0.39, 0.29) is 10.9 Å². The lowest BCUT2D eigenvalue weighted by Crippen LogP contribution is -1.94. The third-order valence-corrected chi connectivity index (χ3v) is 2.90. The summed E-state index contributed by atoms with van der Waals surface area (Å²) < 4.78 is 5.68. The maximum atomic E-state index is 8.89. The molecule has 18 heavy (non-hydrogen) atoms. The number of pyridine rings is 1. The highest BCUT2D eigenvalue weighted by atomic mass is 35.5. The van der Waals surface area contributed by atoms with Gasteiger partial charge in [-0.25, -0.2) is 4.98 Å². The Hall–Kier alpha value is -2.05. The summed E-state index contributed by atoms with van der Waals surface area (Å²) in [5.74, 6) is 0.973. The van der Waals surface area contributed by atoms with Crippen LogP contribution in [0.5, 0.6) is 11.6 Å². The first-order valence-corrected chi connectivity index (χ1v) is 5.94. The van der Waals surface area contributed by atoms with E-state index in [1.165, 1.54) is 6.20 Å². The summed E-state index contributed by atoms with van der Waals surface area (Å²) in [5.41, 5.74) is 1.42. The topological polar surface area (TPSA) is 45.9 Å². The summed E-state index contributed by atoms with van der Waals surface area (Å²) in [6.07, 6.45) is 2.36. The van der Waals surface area contributed by atoms with Gasteiger partial charge in [-0.1, -0.05) is 36.7 Å². The molecule has 0 fully saturated rings. The molecule has 0 aliphatic heterocycles. The molecule has 0 aliphatic carbocycles. The molecule has 0 N–H and O–H groups in total. The number of halogens is 1. The highest BCUT2D eigenvalue weighted by Crippen LogP contribution is 2.31. The molecule has 0 saturated heterocycles. The number of rotatable bonds is 3. The SMILES string of the molecule is CCc1ccccc1Oc1nccc(C#N)c1Cl. The first-order chi connectivity index (χ1) is 8.76. The lowest BCUT2D eigenvalue weighted by molar-refractivity contribution is 0.458. The fraction of sp³-hybridized carbons (Fsp3) is 0.143. The van der Waals surface area contributed by atoms with E-state index < -0.39 is 0 Å². The van der Waals surface area contributed by atoms with Crippen LogP contribution < -0.4 is 4.74 Å². The average molecular weight is 259 g/mol. The molecule has 90 valence electrons. The van der Waals surface area contributed by atoms with Gasteiger partial charge in [0.05, 0.1) is 5.56 Å². The molecule has 0 saturated carbocycles. The Bertz CT molecular complexity index is 605. The Labute approximate surface area is 111 Å². The van der Waals surface area contributed by atoms with Gasteiger partial charge in [-0.3, -0.25) is 0 Å². The van der Waals surface area contributed by atoms with Gasteiger partial charge in [-0.15, -0.1) is 0 Å². The van der Waals surface area contributed by atoms with Crippen molar-refractivity contribution in [2.75, 3.05) is 0 Å². The van der Waals surface area contributed by atoms with Crippen LogP contribution in [0.4, 0.5) is 0 Å². The van der Waals surface area contributed by atoms with Crippen molar-refractivity contribution < 1.29 is 4.74 Å². The van der Waals surface area contributed by atoms with E-state index in [2.05, 4.69) is 4.98 Å². The molecule has 0 atom stereocenters. The molecule has 0 unspecified atom stereocenters. The normalized spacial score (nSPS) is 9.83. The number of hydrogen-bond donors (Lipinski definition) is 0. The zero-order chi connectivity index (χ0) is 13.0. The molecule has 0 aliphatic rings. The molecular formula is C14H11ClN2O. The Balaban J connectivity index is 2.38. The largest absolute Gasteiger partial charge is 0.437 e. The summed E-state index contributed by atoms with van der Waals surface area (Å²) >= 11 is 6.04. The predicted molar refractivity (Wildman–Crippen MR) is 69.9 cm³/mol. The Morgan fingerprint density at radius 2 is 2.11 bits per heavy atom. The second kappa shape index (κ2) is 5.52. The summed E-state index contributed by atoms with van der Waals surface area (Å²) in [5, 5.41) is 9.13. The zero-order valence-corrected chi connectivity index (χ0v) is 10.6. The molecule has 0 spiro atoms. The Morgan fingerprint density at radius 3 is 2.83 bits per heavy atom. The highest BCUT2D eigenvalue weighted by Gasteiger charge is 2.10. The van der Waals surface area contributed by atoms with Gasteiger partial charge in [-0.2, -0.15) is 5.26 Å². The molecule has 1 heterocycles. The van der Waals surface area contributed by atoms with Crippen molar-refractivity contribution in [1.29, 1.82) is 5.26 Å². The Kier molecular flexibility index (Phi) is 3.81. The number of hydrogen-bond acceptors (Lipinski definition) is 3. The first kappa shape index (κ1) is 12.4. The summed E-state index contributed by atoms with van der Waals surface area (Å²) in [4.78, 5) is 4.05. The van der Waals surface area contributed by atoms with Gasteiger partial charge in [-0.05, 0) is 24.1 Å². The zero-order valence-electron chi connectivity index (χ0n) is 9.85. The van der Waals surface area contributed by atoms with Gasteiger partial charge in [0.15, 0.2) is 0 Å². The van der Waals surface area contributed by atoms with Crippen molar-refractivity contribution in [3.8, 4) is 17.7 Å². The van der Waals surface area contributed by atoms with Gasteiger partial charge < -0.3 is 4.74 Å². The van der Waals surface area contributed by atoms with E-state index in [0.717, 1.165) is 12.0 Å². The molecule has 1 aromatic heterocycles. The number of ether oxygens (including phenoxy) is 1. The second-order valence-electron chi connectivity index (χ2n) is 3.65. The maximum absolute atomic E-state index is 8.89. The highest BCUT2D eigenvalue weighted by molar-refractivity contribution is 6.33. The minimum Gasteiger partial charge on any atom is -0.437 e. The van der Waals surface area contributed by atoms with E-state index in [1.54, 1.807) is 6.07 Å². The van der Waals surface area contributed by atoms with Gasteiger partial charge in [0.2, 0.25) is 5.88 Å². The number of aryl methyl sites for hydroxylation is 1. The number of aromatic nitrogens is 1. The first-order valence-electron chi connectivity index (χ1n) is 5.56. The van der Waals surface area contributed by atoms with E-state index in [9.17, 15) is 0 Å². The van der Waals surface area contributed by atoms with Crippen LogP contribution >= 0.6 is 11.6 Å². The maximum Gasteiger partial charge on any atom is 0.239 e. The molecule has 2 rings (SSSR count). The smallest absolute Gasteiger partial charge is 0.239 e. The molecule has 0 radical (unpaired) electrons. The van der Waals surface area contributed by atoms with Crippen LogP contribution in [0.3, 0.4) is 0 Å². The number of nitrogens with zero attached hydrogens (tertiary/aromatic N) is 2. The number of benzene rings is 1. The molecular weight excluding hydrogens is 248 g/mol. The quantitative estimate of drug-likeness (QED) is 0.837. The van der Waals surface area contributed by atoms with E-state index in [1.807, 2.05) is 37.3 Å². The van der Waals surface area contributed by atoms with Crippen LogP contribution in [0, 0.1) is 11.3 Å². The van der Waals surface area contributed by atoms with E-state index >= 15 is 0 Å². The van der Waals surface area contributed by atoms with Gasteiger partial charge in [0, 0.05) is 6.20 Å². The summed E-state index contributed by atoms with van der Waals surface area (Å²) in [7, 11) is 0. The molecule has 3 nitrogen and oxygen atoms in total. The van der Waals surface area contributed by atoms with Crippen molar-refractivity contribution >= 4 is 11.6 Å². The van der Waals surface area contributed by atoms with Gasteiger partial charge >= 0.3 is 0 Å². The third kappa shape index (κ3) is 2.44. The number of para-hydroxylation sites is 1. The van der Waals surface area contributed by atoms with Crippen molar-refractivity contribution in [3.05, 3.63) is 52.7 Å². The monoisotopic (exact) mass is 258 g/mol. The summed E-state index contributed by atoms with van der Waals surface area (Å²) in [6, 6.07) is 11.2. The Morgan fingerprint density at radius 1 is 1.33 bits per heavy atom. The van der Waals surface area contributed by atoms with E-state index in [4.69, 9.17) is 21.6 Å². The van der Waals surface area contributed by atoms with Crippen molar-refractivity contribution in [2.45, 2.75) is 13.3 Å². The van der Waals surface area contributed by atoms with E-state index in [0.29, 0.717) is 11.3 Å². The molecule has 2 aromatic rings. The minimum atomic E-state index is 0.242. The fourth-order valence-corrected chi connectivity index (χ4v) is 1.77. The predicted octanol–water partition coefficient (Wildman–Crippen LogP) is 3.96.